The Kier molecular flexibility index (Phi) is 3.32. The second-order valence-electron chi connectivity index (χ2n) is 2.81. The highest BCUT2D eigenvalue weighted by Crippen LogP contribution is 2.36. The Labute approximate surface area is 90.4 Å². The molecule has 0 aliphatic heterocycles. The molecule has 0 unspecified atom stereocenters. The van der Waals surface area contributed by atoms with Gasteiger partial charge in [-0.2, -0.15) is 13.2 Å². The number of aromatic nitrogens is 1. The molecule has 15 heavy (non-hydrogen) atoms. The molecular formula is C8H5BrF5N. The van der Waals surface area contributed by atoms with E-state index in [0.717, 1.165) is 6.92 Å². The number of rotatable bonds is 1. The lowest BCUT2D eigenvalue weighted by atomic mass is 10.1. The number of hydrogen-bond donors (Lipinski definition) is 0. The van der Waals surface area contributed by atoms with Gasteiger partial charge in [-0.25, -0.2) is 13.8 Å². The minimum absolute atomic E-state index is 0.202. The third kappa shape index (κ3) is 2.64. The Morgan fingerprint density at radius 3 is 2.27 bits per heavy atom. The zero-order valence-corrected chi connectivity index (χ0v) is 8.96. The van der Waals surface area contributed by atoms with Crippen molar-refractivity contribution in [3.05, 3.63) is 27.5 Å². The molecule has 1 heterocycles. The van der Waals surface area contributed by atoms with Crippen molar-refractivity contribution in [2.75, 3.05) is 0 Å². The van der Waals surface area contributed by atoms with Crippen LogP contribution in [0.15, 0.2) is 10.7 Å². The fourth-order valence-corrected chi connectivity index (χ4v) is 1.42. The predicted molar refractivity (Wildman–Crippen MR) is 46.6 cm³/mol. The quantitative estimate of drug-likeness (QED) is 0.560. The van der Waals surface area contributed by atoms with Gasteiger partial charge in [0.25, 0.3) is 6.43 Å². The maximum atomic E-state index is 12.4. The van der Waals surface area contributed by atoms with Crippen molar-refractivity contribution in [3.63, 3.8) is 0 Å². The smallest absolute Gasteiger partial charge is 0.240 e. The lowest BCUT2D eigenvalue weighted by molar-refractivity contribution is -0.138. The summed E-state index contributed by atoms with van der Waals surface area (Å²) in [5.74, 6) is 0. The molecule has 0 bridgehead atoms. The third-order valence-corrected chi connectivity index (χ3v) is 2.53. The number of alkyl halides is 5. The van der Waals surface area contributed by atoms with E-state index in [4.69, 9.17) is 0 Å². The van der Waals surface area contributed by atoms with Gasteiger partial charge in [0.1, 0.15) is 10.3 Å². The third-order valence-electron chi connectivity index (χ3n) is 1.76. The van der Waals surface area contributed by atoms with E-state index in [1.165, 1.54) is 0 Å². The summed E-state index contributed by atoms with van der Waals surface area (Å²) >= 11 is 2.71. The molecule has 0 saturated carbocycles. The molecule has 0 saturated heterocycles. The second kappa shape index (κ2) is 4.03. The van der Waals surface area contributed by atoms with Crippen LogP contribution in [-0.2, 0) is 6.18 Å². The summed E-state index contributed by atoms with van der Waals surface area (Å²) in [5, 5.41) is 0. The molecule has 0 atom stereocenters. The molecule has 0 radical (unpaired) electrons. The first-order valence-electron chi connectivity index (χ1n) is 3.76. The van der Waals surface area contributed by atoms with Crippen molar-refractivity contribution in [1.29, 1.82) is 0 Å². The molecule has 0 aromatic carbocycles. The van der Waals surface area contributed by atoms with E-state index in [2.05, 4.69) is 20.9 Å². The highest BCUT2D eigenvalue weighted by Gasteiger charge is 2.34. The summed E-state index contributed by atoms with van der Waals surface area (Å²) in [6, 6.07) is 0.366. The van der Waals surface area contributed by atoms with Gasteiger partial charge in [-0.05, 0) is 34.5 Å². The van der Waals surface area contributed by atoms with Gasteiger partial charge in [-0.15, -0.1) is 0 Å². The number of pyridine rings is 1. The van der Waals surface area contributed by atoms with Crippen LogP contribution < -0.4 is 0 Å². The zero-order valence-electron chi connectivity index (χ0n) is 7.37. The van der Waals surface area contributed by atoms with E-state index >= 15 is 0 Å². The number of nitrogens with zero attached hydrogens (tertiary/aromatic N) is 1. The van der Waals surface area contributed by atoms with E-state index < -0.39 is 23.9 Å². The highest BCUT2D eigenvalue weighted by atomic mass is 79.9. The molecular weight excluding hydrogens is 285 g/mol. The van der Waals surface area contributed by atoms with Crippen LogP contribution in [0, 0.1) is 6.92 Å². The topological polar surface area (TPSA) is 12.9 Å². The molecule has 1 aromatic rings. The maximum absolute atomic E-state index is 12.4. The van der Waals surface area contributed by atoms with E-state index in [9.17, 15) is 22.0 Å². The minimum atomic E-state index is -4.65. The monoisotopic (exact) mass is 289 g/mol. The molecule has 0 N–H and O–H groups in total. The first-order valence-corrected chi connectivity index (χ1v) is 4.55. The second-order valence-corrected chi connectivity index (χ2v) is 3.56. The zero-order chi connectivity index (χ0) is 11.8. The van der Waals surface area contributed by atoms with Crippen LogP contribution in [0.2, 0.25) is 0 Å². The fourth-order valence-electron chi connectivity index (χ4n) is 1.00. The van der Waals surface area contributed by atoms with E-state index in [1.807, 2.05) is 0 Å². The fraction of sp³-hybridized carbons (Fsp3) is 0.375. The minimum Gasteiger partial charge on any atom is -0.240 e. The first kappa shape index (κ1) is 12.4. The van der Waals surface area contributed by atoms with Gasteiger partial charge in [0.15, 0.2) is 0 Å². The predicted octanol–water partition coefficient (Wildman–Crippen LogP) is 4.11. The highest BCUT2D eigenvalue weighted by molar-refractivity contribution is 9.10. The van der Waals surface area contributed by atoms with Crippen LogP contribution in [0.3, 0.4) is 0 Å². The van der Waals surface area contributed by atoms with Crippen molar-refractivity contribution in [1.82, 2.24) is 4.98 Å². The van der Waals surface area contributed by atoms with Crippen LogP contribution >= 0.6 is 15.9 Å². The van der Waals surface area contributed by atoms with Crippen LogP contribution in [0.5, 0.6) is 0 Å². The Hall–Kier alpha value is -0.720. The van der Waals surface area contributed by atoms with E-state index in [1.54, 1.807) is 0 Å². The lowest BCUT2D eigenvalue weighted by Gasteiger charge is -2.12. The van der Waals surface area contributed by atoms with Crippen molar-refractivity contribution >= 4 is 15.9 Å². The van der Waals surface area contributed by atoms with Gasteiger partial charge in [-0.3, -0.25) is 0 Å². The maximum Gasteiger partial charge on any atom is 0.416 e. The Balaban J connectivity index is 3.38. The summed E-state index contributed by atoms with van der Waals surface area (Å²) in [6.45, 7) is 1.16. The summed E-state index contributed by atoms with van der Waals surface area (Å²) in [7, 11) is 0. The average molecular weight is 290 g/mol. The van der Waals surface area contributed by atoms with E-state index in [0.29, 0.717) is 6.07 Å². The Bertz CT molecular complexity index is 374. The molecule has 1 nitrogen and oxygen atoms in total. The number of hydrogen-bond acceptors (Lipinski definition) is 1. The Morgan fingerprint density at radius 1 is 1.33 bits per heavy atom. The molecule has 0 aliphatic carbocycles. The Morgan fingerprint density at radius 2 is 1.87 bits per heavy atom. The van der Waals surface area contributed by atoms with Crippen LogP contribution in [0.1, 0.15) is 23.2 Å². The van der Waals surface area contributed by atoms with Gasteiger partial charge in [0.05, 0.1) is 5.56 Å². The van der Waals surface area contributed by atoms with Gasteiger partial charge in [0, 0.05) is 0 Å². The van der Waals surface area contributed by atoms with Gasteiger partial charge in [-0.1, -0.05) is 0 Å². The molecule has 1 aromatic heterocycles. The van der Waals surface area contributed by atoms with Crippen molar-refractivity contribution in [3.8, 4) is 0 Å². The average Bonchev–Trinajstić information content (AvgIpc) is 2.06. The lowest BCUT2D eigenvalue weighted by Crippen LogP contribution is -2.10. The molecule has 0 spiro atoms. The van der Waals surface area contributed by atoms with Crippen molar-refractivity contribution in [2.24, 2.45) is 0 Å². The number of halogens is 6. The van der Waals surface area contributed by atoms with Gasteiger partial charge in [0.2, 0.25) is 0 Å². The van der Waals surface area contributed by atoms with Crippen LogP contribution in [0.25, 0.3) is 0 Å². The van der Waals surface area contributed by atoms with Gasteiger partial charge >= 0.3 is 6.18 Å². The molecule has 1 rings (SSSR count). The SMILES string of the molecule is Cc1c(C(F)(F)F)cc(C(F)F)nc1Br. The van der Waals surface area contributed by atoms with Crippen molar-refractivity contribution in [2.45, 2.75) is 19.5 Å². The summed E-state index contributed by atoms with van der Waals surface area (Å²) in [5.41, 5.74) is -2.19. The van der Waals surface area contributed by atoms with Gasteiger partial charge < -0.3 is 0 Å². The summed E-state index contributed by atoms with van der Waals surface area (Å²) in [4.78, 5) is 3.31. The van der Waals surface area contributed by atoms with E-state index in [-0.39, 0.29) is 10.2 Å². The molecule has 0 fully saturated rings. The largest absolute Gasteiger partial charge is 0.416 e. The first-order chi connectivity index (χ1) is 6.73. The molecule has 84 valence electrons. The molecule has 0 aliphatic rings. The summed E-state index contributed by atoms with van der Waals surface area (Å²) in [6.07, 6.45) is -7.68. The van der Waals surface area contributed by atoms with Crippen LogP contribution in [-0.4, -0.2) is 4.98 Å². The summed E-state index contributed by atoms with van der Waals surface area (Å²) < 4.78 is 61.3. The van der Waals surface area contributed by atoms with Crippen LogP contribution in [0.4, 0.5) is 22.0 Å². The standard InChI is InChI=1S/C8H5BrF5N/c1-3-4(8(12,13)14)2-5(7(10)11)15-6(3)9/h2,7H,1H3. The molecule has 0 amide bonds. The molecule has 7 heteroatoms. The van der Waals surface area contributed by atoms with Crippen molar-refractivity contribution < 1.29 is 22.0 Å². The normalized spacial score (nSPS) is 12.3.